The van der Waals surface area contributed by atoms with Gasteiger partial charge in [0.2, 0.25) is 5.91 Å². The second-order valence-corrected chi connectivity index (χ2v) is 13.4. The quantitative estimate of drug-likeness (QED) is 0.282. The van der Waals surface area contributed by atoms with Crippen LogP contribution in [0.1, 0.15) is 75.3 Å². The van der Waals surface area contributed by atoms with Gasteiger partial charge in [-0.15, -0.1) is 21.5 Å². The number of fused-ring (bicyclic) bond motifs is 1. The Balaban J connectivity index is 1.20. The summed E-state index contributed by atoms with van der Waals surface area (Å²) in [7, 11) is 1.91. The van der Waals surface area contributed by atoms with E-state index in [9.17, 15) is 10.1 Å². The zero-order valence-electron chi connectivity index (χ0n) is 23.2. The third kappa shape index (κ3) is 6.02. The van der Waals surface area contributed by atoms with Crippen molar-refractivity contribution in [1.82, 2.24) is 14.8 Å². The minimum atomic E-state index is -0.140. The highest BCUT2D eigenvalue weighted by atomic mass is 32.2. The average molecular weight is 564 g/mol. The Bertz CT molecular complexity index is 1360. The molecule has 1 saturated carbocycles. The van der Waals surface area contributed by atoms with Crippen molar-refractivity contribution >= 4 is 34.0 Å². The van der Waals surface area contributed by atoms with E-state index in [1.165, 1.54) is 29.5 Å². The Morgan fingerprint density at radius 3 is 2.67 bits per heavy atom. The van der Waals surface area contributed by atoms with Gasteiger partial charge in [-0.25, -0.2) is 0 Å². The molecule has 0 spiro atoms. The van der Waals surface area contributed by atoms with E-state index in [0.717, 1.165) is 61.2 Å². The number of hydrogen-bond acceptors (Lipinski definition) is 7. The normalized spacial score (nSPS) is 17.6. The highest BCUT2D eigenvalue weighted by molar-refractivity contribution is 7.99. The van der Waals surface area contributed by atoms with E-state index in [1.807, 2.05) is 35.9 Å². The molecule has 39 heavy (non-hydrogen) atoms. The van der Waals surface area contributed by atoms with Crippen LogP contribution in [0.2, 0.25) is 0 Å². The van der Waals surface area contributed by atoms with Crippen LogP contribution >= 0.6 is 23.1 Å². The van der Waals surface area contributed by atoms with Crippen molar-refractivity contribution in [2.45, 2.75) is 83.4 Å². The van der Waals surface area contributed by atoms with Crippen LogP contribution in [0.15, 0.2) is 29.4 Å². The van der Waals surface area contributed by atoms with Crippen molar-refractivity contribution in [1.29, 1.82) is 5.26 Å². The number of thioether (sulfide) groups is 1. The molecule has 1 amide bonds. The van der Waals surface area contributed by atoms with E-state index in [4.69, 9.17) is 4.74 Å². The molecule has 7 nitrogen and oxygen atoms in total. The second kappa shape index (κ2) is 11.7. The molecular weight excluding hydrogens is 526 g/mol. The van der Waals surface area contributed by atoms with Gasteiger partial charge in [0, 0.05) is 17.5 Å². The van der Waals surface area contributed by atoms with Crippen molar-refractivity contribution in [2.75, 3.05) is 11.1 Å². The lowest BCUT2D eigenvalue weighted by molar-refractivity contribution is -0.113. The van der Waals surface area contributed by atoms with Crippen molar-refractivity contribution in [3.63, 3.8) is 0 Å². The van der Waals surface area contributed by atoms with Gasteiger partial charge < -0.3 is 14.6 Å². The third-order valence-corrected chi connectivity index (χ3v) is 10.7. The van der Waals surface area contributed by atoms with Gasteiger partial charge in [0.15, 0.2) is 11.0 Å². The number of nitrogens with one attached hydrogen (secondary N) is 1. The number of hydrogen-bond donors (Lipinski definition) is 1. The second-order valence-electron chi connectivity index (χ2n) is 11.4. The van der Waals surface area contributed by atoms with Crippen LogP contribution in [-0.2, 0) is 24.7 Å². The highest BCUT2D eigenvalue weighted by Crippen LogP contribution is 2.45. The lowest BCUT2D eigenvalue weighted by Gasteiger charge is -2.36. The molecule has 2 aliphatic carbocycles. The molecule has 0 saturated heterocycles. The molecule has 1 aromatic carbocycles. The lowest BCUT2D eigenvalue weighted by atomic mass is 9.69. The molecule has 9 heteroatoms. The van der Waals surface area contributed by atoms with E-state index in [0.29, 0.717) is 27.7 Å². The van der Waals surface area contributed by atoms with Crippen molar-refractivity contribution in [3.05, 3.63) is 40.3 Å². The molecule has 2 aliphatic rings. The van der Waals surface area contributed by atoms with Gasteiger partial charge in [0.1, 0.15) is 16.8 Å². The summed E-state index contributed by atoms with van der Waals surface area (Å²) in [6, 6.07) is 10.3. The number of thiophene rings is 1. The molecule has 2 aromatic heterocycles. The summed E-state index contributed by atoms with van der Waals surface area (Å²) in [6.45, 7) is 6.91. The summed E-state index contributed by atoms with van der Waals surface area (Å²) in [5.41, 5.74) is 3.00. The summed E-state index contributed by atoms with van der Waals surface area (Å²) >= 11 is 2.92. The van der Waals surface area contributed by atoms with Crippen LogP contribution < -0.4 is 10.1 Å². The minimum absolute atomic E-state index is 0.140. The summed E-state index contributed by atoms with van der Waals surface area (Å²) < 4.78 is 7.98. The Kier molecular flexibility index (Phi) is 8.34. The van der Waals surface area contributed by atoms with Gasteiger partial charge in [-0.2, -0.15) is 5.26 Å². The smallest absolute Gasteiger partial charge is 0.235 e. The number of anilines is 1. The predicted molar refractivity (Wildman–Crippen MR) is 157 cm³/mol. The maximum absolute atomic E-state index is 12.9. The molecule has 5 rings (SSSR count). The van der Waals surface area contributed by atoms with Crippen molar-refractivity contribution < 1.29 is 9.53 Å². The van der Waals surface area contributed by atoms with Gasteiger partial charge in [-0.05, 0) is 86.1 Å². The Hall–Kier alpha value is -2.83. The molecule has 1 atom stereocenters. The molecule has 206 valence electrons. The van der Waals surface area contributed by atoms with E-state index >= 15 is 0 Å². The van der Waals surface area contributed by atoms with Gasteiger partial charge in [-0.3, -0.25) is 4.79 Å². The molecule has 3 aromatic rings. The summed E-state index contributed by atoms with van der Waals surface area (Å²) in [5.74, 6) is 2.28. The van der Waals surface area contributed by atoms with E-state index in [-0.39, 0.29) is 17.1 Å². The number of rotatable bonds is 9. The highest BCUT2D eigenvalue weighted by Gasteiger charge is 2.34. The maximum atomic E-state index is 12.9. The fourth-order valence-corrected chi connectivity index (χ4v) is 7.62. The van der Waals surface area contributed by atoms with Crippen LogP contribution in [0.4, 0.5) is 5.00 Å². The molecule has 0 bridgehead atoms. The SMILES string of the molecule is CCC(C)(C)C1CCc2c(sc(NC(=O)CSc3nnc(-c4ccc(OC5CCCC5)cc4)n3C)c2C#N)C1. The number of nitrogens with zero attached hydrogens (tertiary/aromatic N) is 4. The number of nitriles is 1. The predicted octanol–water partition coefficient (Wildman–Crippen LogP) is 7.01. The van der Waals surface area contributed by atoms with Crippen LogP contribution in [-0.4, -0.2) is 32.5 Å². The Morgan fingerprint density at radius 1 is 1.23 bits per heavy atom. The molecule has 1 fully saturated rings. The average Bonchev–Trinajstić information content (AvgIpc) is 3.66. The summed E-state index contributed by atoms with van der Waals surface area (Å²) in [4.78, 5) is 14.2. The number of aromatic nitrogens is 3. The van der Waals surface area contributed by atoms with Gasteiger partial charge >= 0.3 is 0 Å². The van der Waals surface area contributed by atoms with Gasteiger partial charge in [0.25, 0.3) is 0 Å². The van der Waals surface area contributed by atoms with Gasteiger partial charge in [0.05, 0.1) is 17.4 Å². The zero-order valence-corrected chi connectivity index (χ0v) is 24.9. The van der Waals surface area contributed by atoms with Gasteiger partial charge in [-0.1, -0.05) is 39.0 Å². The van der Waals surface area contributed by atoms with E-state index in [2.05, 4.69) is 42.4 Å². The maximum Gasteiger partial charge on any atom is 0.235 e. The minimum Gasteiger partial charge on any atom is -0.490 e. The first-order valence-electron chi connectivity index (χ1n) is 13.9. The van der Waals surface area contributed by atoms with Crippen LogP contribution in [0.3, 0.4) is 0 Å². The number of ether oxygens (including phenoxy) is 1. The number of benzene rings is 1. The first-order chi connectivity index (χ1) is 18.8. The van der Waals surface area contributed by atoms with E-state index < -0.39 is 0 Å². The molecule has 1 unspecified atom stereocenters. The standard InChI is InChI=1S/C30H37N5O2S2/c1-5-30(2,3)20-12-15-23-24(17-31)28(39-25(23)16-20)32-26(36)18-38-29-34-33-27(35(29)4)19-10-13-22(14-11-19)37-21-8-6-7-9-21/h10-11,13-14,20-21H,5-9,12,15-16,18H2,1-4H3,(H,32,36). The summed E-state index contributed by atoms with van der Waals surface area (Å²) in [5, 5.41) is 22.9. The monoisotopic (exact) mass is 563 g/mol. The topological polar surface area (TPSA) is 92.8 Å². The number of carbonyl (C=O) groups excluding carboxylic acids is 1. The van der Waals surface area contributed by atoms with Crippen molar-refractivity contribution in [3.8, 4) is 23.2 Å². The first-order valence-corrected chi connectivity index (χ1v) is 15.7. The Labute approximate surface area is 239 Å². The third-order valence-electron chi connectivity index (χ3n) is 8.53. The van der Waals surface area contributed by atoms with Crippen LogP contribution in [0.5, 0.6) is 5.75 Å². The fraction of sp³-hybridized carbons (Fsp3) is 0.533. The first kappa shape index (κ1) is 27.7. The van der Waals surface area contributed by atoms with Crippen LogP contribution in [0, 0.1) is 22.7 Å². The molecular formula is C30H37N5O2S2. The fourth-order valence-electron chi connectivity index (χ4n) is 5.61. The van der Waals surface area contributed by atoms with Crippen LogP contribution in [0.25, 0.3) is 11.4 Å². The molecule has 2 heterocycles. The number of amides is 1. The zero-order chi connectivity index (χ0) is 27.6. The molecule has 0 radical (unpaired) electrons. The number of carbonyl (C=O) groups is 1. The van der Waals surface area contributed by atoms with Crippen molar-refractivity contribution in [2.24, 2.45) is 18.4 Å². The summed E-state index contributed by atoms with van der Waals surface area (Å²) in [6.07, 6.45) is 9.18. The largest absolute Gasteiger partial charge is 0.490 e. The Morgan fingerprint density at radius 2 is 1.97 bits per heavy atom. The molecule has 1 N–H and O–H groups in total. The van der Waals surface area contributed by atoms with E-state index in [1.54, 1.807) is 11.3 Å². The lowest BCUT2D eigenvalue weighted by Crippen LogP contribution is -2.28. The molecule has 0 aliphatic heterocycles.